The Morgan fingerprint density at radius 2 is 2.00 bits per heavy atom. The highest BCUT2D eigenvalue weighted by Crippen LogP contribution is 2.22. The molecular weight excluding hydrogens is 304 g/mol. The molecule has 0 amide bonds. The number of benzene rings is 1. The Morgan fingerprint density at radius 3 is 2.63 bits per heavy atom. The minimum atomic E-state index is 0.725. The van der Waals surface area contributed by atoms with Gasteiger partial charge < -0.3 is 9.64 Å². The van der Waals surface area contributed by atoms with Crippen molar-refractivity contribution in [1.82, 2.24) is 4.90 Å². The molecule has 1 saturated heterocycles. The van der Waals surface area contributed by atoms with Crippen LogP contribution in [0.1, 0.15) is 6.92 Å². The number of methoxy groups -OCH3 is 1. The standard InChI is InChI=1S/C15H23BrN2O/c1-13(11-16)12-17-6-8-18(9-7-17)14-4-3-5-15(10-14)19-2/h3-5,10,13H,6-9,11-12H2,1-2H3. The summed E-state index contributed by atoms with van der Waals surface area (Å²) in [7, 11) is 1.72. The number of ether oxygens (including phenoxy) is 1. The maximum absolute atomic E-state index is 5.29. The largest absolute Gasteiger partial charge is 0.497 e. The highest BCUT2D eigenvalue weighted by atomic mass is 79.9. The normalized spacial score (nSPS) is 18.4. The number of halogens is 1. The molecule has 106 valence electrons. The fraction of sp³-hybridized carbons (Fsp3) is 0.600. The van der Waals surface area contributed by atoms with Crippen LogP contribution in [-0.2, 0) is 0 Å². The highest BCUT2D eigenvalue weighted by molar-refractivity contribution is 9.09. The first-order valence-corrected chi connectivity index (χ1v) is 8.02. The lowest BCUT2D eigenvalue weighted by atomic mass is 10.2. The molecule has 1 aliphatic heterocycles. The molecule has 2 rings (SSSR count). The summed E-state index contributed by atoms with van der Waals surface area (Å²) in [6.07, 6.45) is 0. The van der Waals surface area contributed by atoms with Gasteiger partial charge >= 0.3 is 0 Å². The number of piperazine rings is 1. The van der Waals surface area contributed by atoms with E-state index in [1.54, 1.807) is 7.11 Å². The first kappa shape index (κ1) is 14.7. The van der Waals surface area contributed by atoms with E-state index in [0.717, 1.165) is 43.2 Å². The fourth-order valence-electron chi connectivity index (χ4n) is 2.49. The molecule has 0 N–H and O–H groups in total. The van der Waals surface area contributed by atoms with Gasteiger partial charge in [-0.05, 0) is 18.1 Å². The van der Waals surface area contributed by atoms with Gasteiger partial charge in [0.15, 0.2) is 0 Å². The van der Waals surface area contributed by atoms with Gasteiger partial charge in [-0.1, -0.05) is 28.9 Å². The van der Waals surface area contributed by atoms with E-state index in [1.807, 2.05) is 6.07 Å². The molecule has 1 unspecified atom stereocenters. The summed E-state index contributed by atoms with van der Waals surface area (Å²) < 4.78 is 5.29. The monoisotopic (exact) mass is 326 g/mol. The van der Waals surface area contributed by atoms with Crippen LogP contribution in [0.25, 0.3) is 0 Å². The van der Waals surface area contributed by atoms with Gasteiger partial charge in [-0.3, -0.25) is 4.90 Å². The van der Waals surface area contributed by atoms with Crippen molar-refractivity contribution < 1.29 is 4.74 Å². The van der Waals surface area contributed by atoms with Crippen LogP contribution in [0.4, 0.5) is 5.69 Å². The van der Waals surface area contributed by atoms with Crippen LogP contribution in [0, 0.1) is 5.92 Å². The zero-order chi connectivity index (χ0) is 13.7. The molecule has 0 aliphatic carbocycles. The van der Waals surface area contributed by atoms with E-state index in [4.69, 9.17) is 4.74 Å². The van der Waals surface area contributed by atoms with Gasteiger partial charge in [0.05, 0.1) is 7.11 Å². The van der Waals surface area contributed by atoms with Gasteiger partial charge in [-0.2, -0.15) is 0 Å². The lowest BCUT2D eigenvalue weighted by molar-refractivity contribution is 0.233. The Labute approximate surface area is 124 Å². The molecule has 1 heterocycles. The number of anilines is 1. The zero-order valence-electron chi connectivity index (χ0n) is 11.8. The summed E-state index contributed by atoms with van der Waals surface area (Å²) in [6.45, 7) is 7.98. The third-order valence-corrected chi connectivity index (χ3v) is 4.73. The summed E-state index contributed by atoms with van der Waals surface area (Å²) in [4.78, 5) is 5.00. The van der Waals surface area contributed by atoms with E-state index in [9.17, 15) is 0 Å². The molecule has 0 bridgehead atoms. The van der Waals surface area contributed by atoms with E-state index in [1.165, 1.54) is 12.2 Å². The molecule has 3 nitrogen and oxygen atoms in total. The molecule has 1 atom stereocenters. The van der Waals surface area contributed by atoms with Crippen LogP contribution in [0.5, 0.6) is 5.75 Å². The van der Waals surface area contributed by atoms with Gasteiger partial charge in [0.1, 0.15) is 5.75 Å². The Balaban J connectivity index is 1.88. The van der Waals surface area contributed by atoms with E-state index in [2.05, 4.69) is 50.9 Å². The van der Waals surface area contributed by atoms with Gasteiger partial charge in [0.25, 0.3) is 0 Å². The van der Waals surface area contributed by atoms with Crippen molar-refractivity contribution in [2.24, 2.45) is 5.92 Å². The van der Waals surface area contributed by atoms with Crippen LogP contribution in [0.2, 0.25) is 0 Å². The second-order valence-electron chi connectivity index (χ2n) is 5.25. The van der Waals surface area contributed by atoms with Gasteiger partial charge in [-0.15, -0.1) is 0 Å². The second kappa shape index (κ2) is 7.15. The first-order chi connectivity index (χ1) is 9.22. The highest BCUT2D eigenvalue weighted by Gasteiger charge is 2.18. The molecule has 0 saturated carbocycles. The lowest BCUT2D eigenvalue weighted by Crippen LogP contribution is -2.47. The summed E-state index contributed by atoms with van der Waals surface area (Å²) in [5.41, 5.74) is 1.27. The van der Waals surface area contributed by atoms with Crippen molar-refractivity contribution >= 4 is 21.6 Å². The molecular formula is C15H23BrN2O. The number of alkyl halides is 1. The predicted octanol–water partition coefficient (Wildman–Crippen LogP) is 2.85. The Bertz CT molecular complexity index is 391. The molecule has 1 aromatic carbocycles. The van der Waals surface area contributed by atoms with Crippen molar-refractivity contribution in [2.45, 2.75) is 6.92 Å². The third kappa shape index (κ3) is 4.11. The van der Waals surface area contributed by atoms with Crippen LogP contribution in [0.3, 0.4) is 0 Å². The maximum Gasteiger partial charge on any atom is 0.120 e. The Hall–Kier alpha value is -0.740. The van der Waals surface area contributed by atoms with Crippen LogP contribution in [-0.4, -0.2) is 50.1 Å². The second-order valence-corrected chi connectivity index (χ2v) is 5.90. The van der Waals surface area contributed by atoms with Crippen molar-refractivity contribution in [3.05, 3.63) is 24.3 Å². The minimum Gasteiger partial charge on any atom is -0.497 e. The predicted molar refractivity (Wildman–Crippen MR) is 84.6 cm³/mol. The van der Waals surface area contributed by atoms with Crippen molar-refractivity contribution in [1.29, 1.82) is 0 Å². The van der Waals surface area contributed by atoms with Gasteiger partial charge in [-0.25, -0.2) is 0 Å². The summed E-state index contributed by atoms with van der Waals surface area (Å²) in [5, 5.41) is 1.09. The van der Waals surface area contributed by atoms with E-state index in [0.29, 0.717) is 0 Å². The van der Waals surface area contributed by atoms with E-state index in [-0.39, 0.29) is 0 Å². The summed E-state index contributed by atoms with van der Waals surface area (Å²) in [6, 6.07) is 8.35. The smallest absolute Gasteiger partial charge is 0.120 e. The molecule has 1 aromatic rings. The van der Waals surface area contributed by atoms with Crippen LogP contribution in [0.15, 0.2) is 24.3 Å². The van der Waals surface area contributed by atoms with Crippen LogP contribution < -0.4 is 9.64 Å². The topological polar surface area (TPSA) is 15.7 Å². The Morgan fingerprint density at radius 1 is 1.26 bits per heavy atom. The number of hydrogen-bond acceptors (Lipinski definition) is 3. The average Bonchev–Trinajstić information content (AvgIpc) is 2.48. The first-order valence-electron chi connectivity index (χ1n) is 6.90. The SMILES string of the molecule is COc1cccc(N2CCN(CC(C)CBr)CC2)c1. The van der Waals surface area contributed by atoms with Crippen molar-refractivity contribution in [3.63, 3.8) is 0 Å². The van der Waals surface area contributed by atoms with Crippen molar-refractivity contribution in [3.8, 4) is 5.75 Å². The molecule has 4 heteroatoms. The molecule has 1 fully saturated rings. The number of rotatable bonds is 5. The lowest BCUT2D eigenvalue weighted by Gasteiger charge is -2.37. The average molecular weight is 327 g/mol. The minimum absolute atomic E-state index is 0.725. The van der Waals surface area contributed by atoms with Gasteiger partial charge in [0, 0.05) is 49.8 Å². The van der Waals surface area contributed by atoms with E-state index >= 15 is 0 Å². The molecule has 0 spiro atoms. The summed E-state index contributed by atoms with van der Waals surface area (Å²) in [5.74, 6) is 1.66. The molecule has 19 heavy (non-hydrogen) atoms. The van der Waals surface area contributed by atoms with Crippen molar-refractivity contribution in [2.75, 3.05) is 50.1 Å². The molecule has 1 aliphatic rings. The van der Waals surface area contributed by atoms with E-state index < -0.39 is 0 Å². The maximum atomic E-state index is 5.29. The zero-order valence-corrected chi connectivity index (χ0v) is 13.4. The summed E-state index contributed by atoms with van der Waals surface area (Å²) >= 11 is 3.56. The van der Waals surface area contributed by atoms with Gasteiger partial charge in [0.2, 0.25) is 0 Å². The molecule has 0 aromatic heterocycles. The fourth-order valence-corrected chi connectivity index (χ4v) is 2.69. The molecule has 0 radical (unpaired) electrons. The third-order valence-electron chi connectivity index (χ3n) is 3.62. The van der Waals surface area contributed by atoms with Crippen LogP contribution >= 0.6 is 15.9 Å². The number of hydrogen-bond donors (Lipinski definition) is 0. The number of nitrogens with zero attached hydrogens (tertiary/aromatic N) is 2. The quantitative estimate of drug-likeness (QED) is 0.774. The Kier molecular flexibility index (Phi) is 5.52.